The van der Waals surface area contributed by atoms with Crippen LogP contribution in [0.4, 0.5) is 16.0 Å². The third kappa shape index (κ3) is 1.72. The normalized spacial score (nSPS) is 13.9. The summed E-state index contributed by atoms with van der Waals surface area (Å²) in [5, 5.41) is 0.472. The van der Waals surface area contributed by atoms with Crippen molar-refractivity contribution in [3.05, 3.63) is 41.2 Å². The van der Waals surface area contributed by atoms with Gasteiger partial charge in [0.15, 0.2) is 0 Å². The van der Waals surface area contributed by atoms with E-state index in [1.165, 1.54) is 18.6 Å². The summed E-state index contributed by atoms with van der Waals surface area (Å²) in [6, 6.07) is 3.00. The van der Waals surface area contributed by atoms with Crippen molar-refractivity contribution in [2.75, 3.05) is 11.4 Å². The van der Waals surface area contributed by atoms with Crippen molar-refractivity contribution in [3.63, 3.8) is 0 Å². The average Bonchev–Trinajstić information content (AvgIpc) is 2.75. The molecule has 4 nitrogen and oxygen atoms in total. The molecule has 0 radical (unpaired) electrons. The molecule has 0 fully saturated rings. The minimum atomic E-state index is -0.353. The van der Waals surface area contributed by atoms with Crippen molar-refractivity contribution in [2.45, 2.75) is 6.42 Å². The lowest BCUT2D eigenvalue weighted by Crippen LogP contribution is -2.15. The molecule has 0 unspecified atom stereocenters. The maximum Gasteiger partial charge on any atom is 0.142 e. The second-order valence-electron chi connectivity index (χ2n) is 3.70. The van der Waals surface area contributed by atoms with Gasteiger partial charge in [-0.1, -0.05) is 11.6 Å². The van der Waals surface area contributed by atoms with Gasteiger partial charge < -0.3 is 4.90 Å². The van der Waals surface area contributed by atoms with E-state index in [0.717, 1.165) is 24.3 Å². The molecule has 0 N–H and O–H groups in total. The Morgan fingerprint density at radius 1 is 1.24 bits per heavy atom. The molecular formula is C11H8ClFN4. The van der Waals surface area contributed by atoms with Gasteiger partial charge in [0.2, 0.25) is 0 Å². The number of pyridine rings is 1. The fourth-order valence-electron chi connectivity index (χ4n) is 1.91. The number of fused-ring (bicyclic) bond motifs is 1. The van der Waals surface area contributed by atoms with Crippen LogP contribution in [0.5, 0.6) is 0 Å². The van der Waals surface area contributed by atoms with Gasteiger partial charge in [-0.2, -0.15) is 0 Å². The fourth-order valence-corrected chi connectivity index (χ4v) is 2.13. The SMILES string of the molecule is Fc1ccc(N2CCc3c(Cl)ncnc32)nc1. The highest BCUT2D eigenvalue weighted by molar-refractivity contribution is 6.30. The van der Waals surface area contributed by atoms with Crippen LogP contribution in [-0.2, 0) is 6.42 Å². The van der Waals surface area contributed by atoms with E-state index in [1.54, 1.807) is 6.07 Å². The molecule has 0 bridgehead atoms. The predicted octanol–water partition coefficient (Wildman–Crippen LogP) is 2.36. The van der Waals surface area contributed by atoms with Crippen LogP contribution in [0.2, 0.25) is 5.15 Å². The molecule has 1 aliphatic heterocycles. The molecule has 0 atom stereocenters. The summed E-state index contributed by atoms with van der Waals surface area (Å²) < 4.78 is 12.8. The zero-order valence-electron chi connectivity index (χ0n) is 8.77. The van der Waals surface area contributed by atoms with Crippen LogP contribution in [0.3, 0.4) is 0 Å². The Morgan fingerprint density at radius 2 is 2.12 bits per heavy atom. The van der Waals surface area contributed by atoms with E-state index in [2.05, 4.69) is 15.0 Å². The van der Waals surface area contributed by atoms with Gasteiger partial charge in [0.25, 0.3) is 0 Å². The van der Waals surface area contributed by atoms with E-state index in [4.69, 9.17) is 11.6 Å². The molecule has 3 rings (SSSR count). The number of nitrogens with zero attached hydrogens (tertiary/aromatic N) is 4. The second-order valence-corrected chi connectivity index (χ2v) is 4.06. The summed E-state index contributed by atoms with van der Waals surface area (Å²) in [6.07, 6.45) is 3.38. The first-order valence-corrected chi connectivity index (χ1v) is 5.52. The van der Waals surface area contributed by atoms with E-state index in [9.17, 15) is 4.39 Å². The zero-order valence-corrected chi connectivity index (χ0v) is 9.52. The summed E-state index contributed by atoms with van der Waals surface area (Å²) in [5.74, 6) is 1.07. The molecule has 0 amide bonds. The molecule has 17 heavy (non-hydrogen) atoms. The van der Waals surface area contributed by atoms with E-state index in [-0.39, 0.29) is 5.82 Å². The molecule has 2 aromatic heterocycles. The number of aromatic nitrogens is 3. The molecule has 0 saturated carbocycles. The molecule has 0 aromatic carbocycles. The lowest BCUT2D eigenvalue weighted by Gasteiger charge is -2.16. The molecular weight excluding hydrogens is 243 g/mol. The Bertz CT molecular complexity index is 558. The Morgan fingerprint density at radius 3 is 2.88 bits per heavy atom. The summed E-state index contributed by atoms with van der Waals surface area (Å²) in [6.45, 7) is 0.729. The molecule has 86 valence electrons. The van der Waals surface area contributed by atoms with E-state index in [0.29, 0.717) is 11.0 Å². The van der Waals surface area contributed by atoms with Crippen molar-refractivity contribution in [1.82, 2.24) is 15.0 Å². The quantitative estimate of drug-likeness (QED) is 0.729. The van der Waals surface area contributed by atoms with Crippen LogP contribution in [0.25, 0.3) is 0 Å². The lowest BCUT2D eigenvalue weighted by atomic mass is 10.3. The second kappa shape index (κ2) is 3.92. The Balaban J connectivity index is 2.04. The van der Waals surface area contributed by atoms with Crippen LogP contribution in [0.1, 0.15) is 5.56 Å². The number of halogens is 2. The average molecular weight is 251 g/mol. The Kier molecular flexibility index (Phi) is 2.40. The predicted molar refractivity (Wildman–Crippen MR) is 61.9 cm³/mol. The van der Waals surface area contributed by atoms with Gasteiger partial charge in [-0.25, -0.2) is 19.3 Å². The summed E-state index contributed by atoms with van der Waals surface area (Å²) in [7, 11) is 0. The molecule has 0 aliphatic carbocycles. The highest BCUT2D eigenvalue weighted by atomic mass is 35.5. The van der Waals surface area contributed by atoms with Gasteiger partial charge in [0.05, 0.1) is 6.20 Å². The van der Waals surface area contributed by atoms with E-state index in [1.807, 2.05) is 4.90 Å². The lowest BCUT2D eigenvalue weighted by molar-refractivity contribution is 0.621. The van der Waals surface area contributed by atoms with Crippen LogP contribution in [0.15, 0.2) is 24.7 Å². The minimum Gasteiger partial charge on any atom is -0.310 e. The maximum atomic E-state index is 12.8. The van der Waals surface area contributed by atoms with Crippen molar-refractivity contribution < 1.29 is 4.39 Å². The van der Waals surface area contributed by atoms with Gasteiger partial charge in [-0.3, -0.25) is 0 Å². The van der Waals surface area contributed by atoms with E-state index < -0.39 is 0 Å². The molecule has 0 saturated heterocycles. The molecule has 3 heterocycles. The number of hydrogen-bond acceptors (Lipinski definition) is 4. The van der Waals surface area contributed by atoms with Gasteiger partial charge in [0, 0.05) is 12.1 Å². The Labute approximate surface area is 102 Å². The number of anilines is 2. The minimum absolute atomic E-state index is 0.353. The van der Waals surface area contributed by atoms with Crippen LogP contribution < -0.4 is 4.90 Å². The van der Waals surface area contributed by atoms with Gasteiger partial charge in [0.1, 0.15) is 28.9 Å². The summed E-state index contributed by atoms with van der Waals surface area (Å²) >= 11 is 5.99. The maximum absolute atomic E-state index is 12.8. The fraction of sp³-hybridized carbons (Fsp3) is 0.182. The first kappa shape index (κ1) is 10.4. The standard InChI is InChI=1S/C11H8ClFN4/c12-10-8-3-4-17(11(8)16-6-15-10)9-2-1-7(13)5-14-9/h1-2,5-6H,3-4H2. The summed E-state index contributed by atoms with van der Waals surface area (Å²) in [4.78, 5) is 14.1. The first-order chi connectivity index (χ1) is 8.25. The third-order valence-corrected chi connectivity index (χ3v) is 3.03. The topological polar surface area (TPSA) is 41.9 Å². The zero-order chi connectivity index (χ0) is 11.8. The largest absolute Gasteiger partial charge is 0.310 e. The highest BCUT2D eigenvalue weighted by Gasteiger charge is 2.25. The van der Waals surface area contributed by atoms with Crippen molar-refractivity contribution in [1.29, 1.82) is 0 Å². The van der Waals surface area contributed by atoms with Crippen LogP contribution in [-0.4, -0.2) is 21.5 Å². The molecule has 6 heteroatoms. The third-order valence-electron chi connectivity index (χ3n) is 2.70. The van der Waals surface area contributed by atoms with E-state index >= 15 is 0 Å². The summed E-state index contributed by atoms with van der Waals surface area (Å²) in [5.41, 5.74) is 0.917. The Hall–Kier alpha value is -1.75. The smallest absolute Gasteiger partial charge is 0.142 e. The van der Waals surface area contributed by atoms with Crippen molar-refractivity contribution in [3.8, 4) is 0 Å². The van der Waals surface area contributed by atoms with Gasteiger partial charge in [-0.15, -0.1) is 0 Å². The molecule has 1 aliphatic rings. The number of hydrogen-bond donors (Lipinski definition) is 0. The van der Waals surface area contributed by atoms with Gasteiger partial charge in [-0.05, 0) is 18.6 Å². The van der Waals surface area contributed by atoms with Crippen LogP contribution in [0, 0.1) is 5.82 Å². The number of rotatable bonds is 1. The van der Waals surface area contributed by atoms with Crippen molar-refractivity contribution in [2.24, 2.45) is 0 Å². The van der Waals surface area contributed by atoms with Crippen molar-refractivity contribution >= 4 is 23.2 Å². The highest BCUT2D eigenvalue weighted by Crippen LogP contribution is 2.34. The van der Waals surface area contributed by atoms with Crippen LogP contribution >= 0.6 is 11.6 Å². The molecule has 2 aromatic rings. The molecule has 0 spiro atoms. The first-order valence-electron chi connectivity index (χ1n) is 5.14. The monoisotopic (exact) mass is 250 g/mol. The van der Waals surface area contributed by atoms with Gasteiger partial charge >= 0.3 is 0 Å².